The lowest BCUT2D eigenvalue weighted by atomic mass is 9.88. The molecule has 3 rings (SSSR count). The van der Waals surface area contributed by atoms with Crippen molar-refractivity contribution in [2.75, 3.05) is 0 Å². The fraction of sp³-hybridized carbons (Fsp3) is 0.400. The molecule has 0 fully saturated rings. The number of thiophene rings is 1. The maximum Gasteiger partial charge on any atom is 0.272 e. The van der Waals surface area contributed by atoms with Crippen molar-refractivity contribution in [3.05, 3.63) is 56.8 Å². The Balaban J connectivity index is 1.70. The van der Waals surface area contributed by atoms with E-state index in [2.05, 4.69) is 48.6 Å². The van der Waals surface area contributed by atoms with Gasteiger partial charge in [0, 0.05) is 10.3 Å². The van der Waals surface area contributed by atoms with Crippen molar-refractivity contribution >= 4 is 23.0 Å². The van der Waals surface area contributed by atoms with Gasteiger partial charge in [-0.15, -0.1) is 11.3 Å². The van der Waals surface area contributed by atoms with Gasteiger partial charge in [0.05, 0.1) is 11.3 Å². The van der Waals surface area contributed by atoms with Gasteiger partial charge in [-0.25, -0.2) is 5.43 Å². The molecule has 0 radical (unpaired) electrons. The molecule has 1 aliphatic carbocycles. The summed E-state index contributed by atoms with van der Waals surface area (Å²) < 4.78 is 0. The van der Waals surface area contributed by atoms with Crippen LogP contribution in [0.4, 0.5) is 0 Å². The monoisotopic (exact) mass is 340 g/mol. The number of hydrazone groups is 1. The normalized spacial score (nSPS) is 17.5. The number of aryl methyl sites for hydroxylation is 1. The Bertz CT molecular complexity index is 758. The summed E-state index contributed by atoms with van der Waals surface area (Å²) in [5.74, 6) is 0.630. The summed E-state index contributed by atoms with van der Waals surface area (Å²) in [4.78, 5) is 13.9. The molecule has 1 aromatic carbocycles. The van der Waals surface area contributed by atoms with E-state index in [1.165, 1.54) is 16.0 Å². The summed E-state index contributed by atoms with van der Waals surface area (Å²) >= 11 is 1.71. The van der Waals surface area contributed by atoms with Gasteiger partial charge in [0.25, 0.3) is 5.91 Å². The first kappa shape index (κ1) is 16.9. The highest BCUT2D eigenvalue weighted by Gasteiger charge is 2.23. The van der Waals surface area contributed by atoms with E-state index in [4.69, 9.17) is 0 Å². The van der Waals surface area contributed by atoms with Crippen LogP contribution in [0.5, 0.6) is 0 Å². The summed E-state index contributed by atoms with van der Waals surface area (Å²) in [5, 5.41) is 6.28. The molecule has 0 aliphatic heterocycles. The quantitative estimate of drug-likeness (QED) is 0.642. The van der Waals surface area contributed by atoms with Crippen molar-refractivity contribution in [1.82, 2.24) is 5.43 Å². The first-order chi connectivity index (χ1) is 11.6. The van der Waals surface area contributed by atoms with Crippen molar-refractivity contribution in [1.29, 1.82) is 0 Å². The zero-order valence-corrected chi connectivity index (χ0v) is 15.4. The molecule has 4 heteroatoms. The maximum atomic E-state index is 12.5. The second-order valence-corrected chi connectivity index (χ2v) is 7.55. The van der Waals surface area contributed by atoms with Crippen molar-refractivity contribution < 1.29 is 4.79 Å². The number of benzene rings is 1. The number of nitrogens with one attached hydrogen (secondary N) is 1. The molecule has 1 atom stereocenters. The van der Waals surface area contributed by atoms with Crippen LogP contribution in [0.15, 0.2) is 34.7 Å². The van der Waals surface area contributed by atoms with Crippen LogP contribution in [-0.4, -0.2) is 11.6 Å². The average Bonchev–Trinajstić information content (AvgIpc) is 3.02. The Morgan fingerprint density at radius 2 is 2.08 bits per heavy atom. The van der Waals surface area contributed by atoms with Gasteiger partial charge in [0.15, 0.2) is 0 Å². The van der Waals surface area contributed by atoms with Crippen LogP contribution < -0.4 is 5.43 Å². The van der Waals surface area contributed by atoms with Crippen LogP contribution >= 0.6 is 11.3 Å². The molecule has 0 saturated heterocycles. The van der Waals surface area contributed by atoms with Crippen molar-refractivity contribution in [2.24, 2.45) is 11.0 Å². The number of amides is 1. The zero-order chi connectivity index (χ0) is 17.1. The molecule has 1 heterocycles. The molecule has 1 amide bonds. The number of carbonyl (C=O) groups excluding carboxylic acids is 1. The van der Waals surface area contributed by atoms with Crippen LogP contribution in [0, 0.1) is 5.92 Å². The smallest absolute Gasteiger partial charge is 0.267 e. The first-order valence-electron chi connectivity index (χ1n) is 8.61. The standard InChI is InChI=1S/C20H24N2OS/c1-4-15-6-8-16(9-7-15)14(3)21-22-20(23)18-12-24-19-11-13(2)5-10-17(18)19/h6-9,12-13H,4-5,10-11H2,1-3H3,(H,22,23)/b21-14-/t13-/m1/s1. The lowest BCUT2D eigenvalue weighted by molar-refractivity contribution is 0.0954. The molecule has 1 aromatic heterocycles. The topological polar surface area (TPSA) is 41.5 Å². The van der Waals surface area contributed by atoms with Gasteiger partial charge in [-0.3, -0.25) is 4.79 Å². The van der Waals surface area contributed by atoms with E-state index in [9.17, 15) is 4.79 Å². The molecule has 126 valence electrons. The minimum Gasteiger partial charge on any atom is -0.267 e. The third kappa shape index (κ3) is 3.59. The van der Waals surface area contributed by atoms with Gasteiger partial charge < -0.3 is 0 Å². The van der Waals surface area contributed by atoms with Crippen LogP contribution in [0.3, 0.4) is 0 Å². The number of nitrogens with zero attached hydrogens (tertiary/aromatic N) is 1. The van der Waals surface area contributed by atoms with E-state index >= 15 is 0 Å². The molecule has 0 bridgehead atoms. The predicted octanol–water partition coefficient (Wildman–Crippen LogP) is 4.59. The van der Waals surface area contributed by atoms with Gasteiger partial charge in [0.2, 0.25) is 0 Å². The SMILES string of the molecule is CCc1ccc(/C(C)=N\NC(=O)c2csc3c2CC[C@@H](C)C3)cc1. The maximum absolute atomic E-state index is 12.5. The molecule has 0 saturated carbocycles. The summed E-state index contributed by atoms with van der Waals surface area (Å²) in [7, 11) is 0. The van der Waals surface area contributed by atoms with Crippen LogP contribution in [0.2, 0.25) is 0 Å². The fourth-order valence-electron chi connectivity index (χ4n) is 3.11. The van der Waals surface area contributed by atoms with Gasteiger partial charge in [-0.2, -0.15) is 5.10 Å². The Kier molecular flexibility index (Phi) is 5.14. The van der Waals surface area contributed by atoms with Gasteiger partial charge >= 0.3 is 0 Å². The van der Waals surface area contributed by atoms with E-state index in [1.807, 2.05) is 12.3 Å². The molecule has 1 N–H and O–H groups in total. The van der Waals surface area contributed by atoms with Crippen molar-refractivity contribution in [2.45, 2.75) is 46.5 Å². The summed E-state index contributed by atoms with van der Waals surface area (Å²) in [6, 6.07) is 8.31. The van der Waals surface area contributed by atoms with Crippen molar-refractivity contribution in [3.63, 3.8) is 0 Å². The second-order valence-electron chi connectivity index (χ2n) is 6.59. The predicted molar refractivity (Wildman–Crippen MR) is 101 cm³/mol. The zero-order valence-electron chi connectivity index (χ0n) is 14.6. The molecule has 1 aliphatic rings. The highest BCUT2D eigenvalue weighted by Crippen LogP contribution is 2.32. The van der Waals surface area contributed by atoms with Crippen molar-refractivity contribution in [3.8, 4) is 0 Å². The summed E-state index contributed by atoms with van der Waals surface area (Å²) in [6.45, 7) is 6.34. The van der Waals surface area contributed by atoms with E-state index in [0.29, 0.717) is 0 Å². The summed E-state index contributed by atoms with van der Waals surface area (Å²) in [5.41, 5.74) is 7.93. The highest BCUT2D eigenvalue weighted by molar-refractivity contribution is 7.10. The number of carbonyl (C=O) groups is 1. The Morgan fingerprint density at radius 1 is 1.33 bits per heavy atom. The average molecular weight is 340 g/mol. The minimum absolute atomic E-state index is 0.0911. The Hall–Kier alpha value is -1.94. The summed E-state index contributed by atoms with van der Waals surface area (Å²) in [6.07, 6.45) is 4.29. The van der Waals surface area contributed by atoms with Crippen LogP contribution in [0.25, 0.3) is 0 Å². The van der Waals surface area contributed by atoms with Gasteiger partial charge in [-0.1, -0.05) is 38.1 Å². The number of hydrogen-bond acceptors (Lipinski definition) is 3. The molecule has 0 unspecified atom stereocenters. The lowest BCUT2D eigenvalue weighted by Crippen LogP contribution is -2.21. The molecular formula is C20H24N2OS. The van der Waals surface area contributed by atoms with E-state index in [-0.39, 0.29) is 5.91 Å². The third-order valence-electron chi connectivity index (χ3n) is 4.75. The van der Waals surface area contributed by atoms with E-state index in [0.717, 1.165) is 48.4 Å². The molecule has 3 nitrogen and oxygen atoms in total. The third-order valence-corrected chi connectivity index (χ3v) is 5.80. The van der Waals surface area contributed by atoms with Gasteiger partial charge in [0.1, 0.15) is 0 Å². The molecular weight excluding hydrogens is 316 g/mol. The van der Waals surface area contributed by atoms with E-state index < -0.39 is 0 Å². The largest absolute Gasteiger partial charge is 0.272 e. The number of fused-ring (bicyclic) bond motifs is 1. The first-order valence-corrected chi connectivity index (χ1v) is 9.49. The molecule has 0 spiro atoms. The Labute approximate surface area is 147 Å². The lowest BCUT2D eigenvalue weighted by Gasteiger charge is -2.18. The molecule has 24 heavy (non-hydrogen) atoms. The fourth-order valence-corrected chi connectivity index (χ4v) is 4.35. The number of rotatable bonds is 4. The highest BCUT2D eigenvalue weighted by atomic mass is 32.1. The number of hydrogen-bond donors (Lipinski definition) is 1. The van der Waals surface area contributed by atoms with Crippen LogP contribution in [-0.2, 0) is 19.3 Å². The second kappa shape index (κ2) is 7.31. The van der Waals surface area contributed by atoms with Gasteiger partial charge in [-0.05, 0) is 55.2 Å². The Morgan fingerprint density at radius 3 is 2.79 bits per heavy atom. The van der Waals surface area contributed by atoms with Crippen LogP contribution in [0.1, 0.15) is 59.1 Å². The minimum atomic E-state index is -0.0911. The molecule has 2 aromatic rings. The van der Waals surface area contributed by atoms with E-state index in [1.54, 1.807) is 11.3 Å².